The first kappa shape index (κ1) is 16.2. The topological polar surface area (TPSA) is 57.8 Å². The van der Waals surface area contributed by atoms with E-state index in [1.165, 1.54) is 6.07 Å². The molecule has 0 aliphatic rings. The van der Waals surface area contributed by atoms with E-state index in [0.29, 0.717) is 11.2 Å². The molecule has 0 aliphatic carbocycles. The van der Waals surface area contributed by atoms with Crippen LogP contribution in [-0.2, 0) is 0 Å². The summed E-state index contributed by atoms with van der Waals surface area (Å²) in [7, 11) is 0. The van der Waals surface area contributed by atoms with Crippen LogP contribution < -0.4 is 10.9 Å². The molecule has 108 valence electrons. The van der Waals surface area contributed by atoms with Crippen molar-refractivity contribution < 1.29 is 0 Å². The third kappa shape index (κ3) is 5.78. The number of rotatable bonds is 6. The molecule has 2 N–H and O–H groups in total. The molecule has 0 fully saturated rings. The van der Waals surface area contributed by atoms with E-state index in [-0.39, 0.29) is 11.0 Å². The summed E-state index contributed by atoms with van der Waals surface area (Å²) in [6, 6.07) is 1.91. The highest BCUT2D eigenvalue weighted by Gasteiger charge is 2.24. The van der Waals surface area contributed by atoms with Crippen molar-refractivity contribution in [2.24, 2.45) is 5.41 Å². The average molecular weight is 283 g/mol. The van der Waals surface area contributed by atoms with Gasteiger partial charge in [0, 0.05) is 23.6 Å². The molecule has 1 atom stereocenters. The highest BCUT2D eigenvalue weighted by Crippen LogP contribution is 2.24. The Kier molecular flexibility index (Phi) is 6.07. The van der Waals surface area contributed by atoms with Gasteiger partial charge in [0.1, 0.15) is 0 Å². The third-order valence-corrected chi connectivity index (χ3v) is 3.89. The maximum Gasteiger partial charge on any atom is 0.251 e. The van der Waals surface area contributed by atoms with Gasteiger partial charge in [-0.3, -0.25) is 4.79 Å². The van der Waals surface area contributed by atoms with Gasteiger partial charge in [-0.1, -0.05) is 39.5 Å². The number of nitrogens with one attached hydrogen (secondary N) is 2. The van der Waals surface area contributed by atoms with Gasteiger partial charge < -0.3 is 10.3 Å². The van der Waals surface area contributed by atoms with Crippen molar-refractivity contribution in [1.82, 2.24) is 15.3 Å². The normalized spacial score (nSPS) is 13.5. The van der Waals surface area contributed by atoms with E-state index < -0.39 is 0 Å². The minimum absolute atomic E-state index is 0.0798. The van der Waals surface area contributed by atoms with Crippen LogP contribution in [0, 0.1) is 12.3 Å². The number of hydrogen-bond donors (Lipinski definition) is 2. The van der Waals surface area contributed by atoms with Gasteiger partial charge in [-0.15, -0.1) is 0 Å². The first-order chi connectivity index (χ1) is 8.82. The maximum atomic E-state index is 11.4. The molecule has 19 heavy (non-hydrogen) atoms. The molecule has 0 saturated heterocycles. The molecule has 1 unspecified atom stereocenters. The van der Waals surface area contributed by atoms with E-state index in [1.807, 2.05) is 6.92 Å². The number of nitrogens with zero attached hydrogens (tertiary/aromatic N) is 1. The smallest absolute Gasteiger partial charge is 0.251 e. The van der Waals surface area contributed by atoms with Gasteiger partial charge in [-0.05, 0) is 25.3 Å². The van der Waals surface area contributed by atoms with Crippen LogP contribution in [0.3, 0.4) is 0 Å². The molecule has 1 heterocycles. The molecular weight excluding hydrogens is 258 g/mol. The van der Waals surface area contributed by atoms with Crippen LogP contribution in [0.4, 0.5) is 0 Å². The first-order valence-electron chi connectivity index (χ1n) is 6.77. The van der Waals surface area contributed by atoms with Gasteiger partial charge in [0.15, 0.2) is 5.16 Å². The summed E-state index contributed by atoms with van der Waals surface area (Å²) < 4.78 is 0. The fraction of sp³-hybridized carbons (Fsp3) is 0.714. The summed E-state index contributed by atoms with van der Waals surface area (Å²) in [4.78, 5) is 18.5. The van der Waals surface area contributed by atoms with E-state index in [4.69, 9.17) is 0 Å². The van der Waals surface area contributed by atoms with Crippen LogP contribution in [-0.4, -0.2) is 28.3 Å². The zero-order chi connectivity index (χ0) is 14.5. The summed E-state index contributed by atoms with van der Waals surface area (Å²) in [5, 5.41) is 4.27. The average Bonchev–Trinajstić information content (AvgIpc) is 2.26. The lowest BCUT2D eigenvalue weighted by Crippen LogP contribution is -2.42. The minimum Gasteiger partial charge on any atom is -0.313 e. The molecule has 1 aromatic heterocycles. The molecule has 0 spiro atoms. The molecule has 0 bridgehead atoms. The van der Waals surface area contributed by atoms with Crippen LogP contribution in [0.2, 0.25) is 0 Å². The minimum atomic E-state index is -0.0798. The zero-order valence-electron chi connectivity index (χ0n) is 12.5. The highest BCUT2D eigenvalue weighted by atomic mass is 32.2. The lowest BCUT2D eigenvalue weighted by Gasteiger charge is -2.31. The second kappa shape index (κ2) is 7.10. The number of hydrogen-bond acceptors (Lipinski definition) is 4. The summed E-state index contributed by atoms with van der Waals surface area (Å²) in [5.41, 5.74) is 0.871. The molecule has 0 aliphatic heterocycles. The molecule has 1 aromatic rings. The van der Waals surface area contributed by atoms with E-state index in [0.717, 1.165) is 24.4 Å². The second-order valence-electron chi connectivity index (χ2n) is 5.88. The zero-order valence-corrected chi connectivity index (χ0v) is 13.4. The van der Waals surface area contributed by atoms with Gasteiger partial charge in [0.2, 0.25) is 0 Å². The SMILES string of the molecule is CCCNC(CSc1nc(C)cc(=O)[nH]1)C(C)(C)C. The summed E-state index contributed by atoms with van der Waals surface area (Å²) in [6.07, 6.45) is 1.12. The van der Waals surface area contributed by atoms with Crippen molar-refractivity contribution in [3.05, 3.63) is 22.1 Å². The predicted octanol–water partition coefficient (Wildman–Crippen LogP) is 2.58. The van der Waals surface area contributed by atoms with Gasteiger partial charge in [0.05, 0.1) is 0 Å². The fourth-order valence-electron chi connectivity index (χ4n) is 1.72. The van der Waals surface area contributed by atoms with Crippen LogP contribution >= 0.6 is 11.8 Å². The van der Waals surface area contributed by atoms with E-state index >= 15 is 0 Å². The van der Waals surface area contributed by atoms with E-state index in [2.05, 4.69) is 43.0 Å². The van der Waals surface area contributed by atoms with Crippen molar-refractivity contribution in [2.45, 2.75) is 52.2 Å². The lowest BCUT2D eigenvalue weighted by molar-refractivity contribution is 0.291. The number of thioether (sulfide) groups is 1. The monoisotopic (exact) mass is 283 g/mol. The quantitative estimate of drug-likeness (QED) is 0.622. The van der Waals surface area contributed by atoms with Gasteiger partial charge in [-0.25, -0.2) is 4.98 Å². The highest BCUT2D eigenvalue weighted by molar-refractivity contribution is 7.99. The Hall–Kier alpha value is -0.810. The Bertz CT molecular complexity index is 451. The standard InChI is InChI=1S/C14H25N3OS/c1-6-7-15-11(14(3,4)5)9-19-13-16-10(2)8-12(18)17-13/h8,11,15H,6-7,9H2,1-5H3,(H,16,17,18). The number of aromatic nitrogens is 2. The molecule has 0 saturated carbocycles. The van der Waals surface area contributed by atoms with Crippen LogP contribution in [0.25, 0.3) is 0 Å². The Morgan fingerprint density at radius 1 is 1.47 bits per heavy atom. The Morgan fingerprint density at radius 2 is 2.16 bits per heavy atom. The molecule has 0 amide bonds. The largest absolute Gasteiger partial charge is 0.313 e. The van der Waals surface area contributed by atoms with Gasteiger partial charge >= 0.3 is 0 Å². The number of aromatic amines is 1. The summed E-state index contributed by atoms with van der Waals surface area (Å²) in [6.45, 7) is 11.7. The van der Waals surface area contributed by atoms with Crippen molar-refractivity contribution >= 4 is 11.8 Å². The van der Waals surface area contributed by atoms with Crippen molar-refractivity contribution in [2.75, 3.05) is 12.3 Å². The Balaban J connectivity index is 2.67. The number of H-pyrrole nitrogens is 1. The van der Waals surface area contributed by atoms with Crippen LogP contribution in [0.5, 0.6) is 0 Å². The molecule has 0 aromatic carbocycles. The third-order valence-electron chi connectivity index (χ3n) is 2.92. The van der Waals surface area contributed by atoms with Crippen molar-refractivity contribution in [3.8, 4) is 0 Å². The van der Waals surface area contributed by atoms with Gasteiger partial charge in [-0.2, -0.15) is 0 Å². The van der Waals surface area contributed by atoms with E-state index in [9.17, 15) is 4.79 Å². The van der Waals surface area contributed by atoms with Crippen molar-refractivity contribution in [3.63, 3.8) is 0 Å². The summed E-state index contributed by atoms with van der Waals surface area (Å²) in [5.74, 6) is 0.899. The summed E-state index contributed by atoms with van der Waals surface area (Å²) >= 11 is 1.61. The molecule has 5 heteroatoms. The number of aryl methyl sites for hydroxylation is 1. The molecule has 0 radical (unpaired) electrons. The first-order valence-corrected chi connectivity index (χ1v) is 7.75. The van der Waals surface area contributed by atoms with Gasteiger partial charge in [0.25, 0.3) is 5.56 Å². The molecule has 4 nitrogen and oxygen atoms in total. The Morgan fingerprint density at radius 3 is 2.68 bits per heavy atom. The van der Waals surface area contributed by atoms with Crippen LogP contribution in [0.1, 0.15) is 39.8 Å². The second-order valence-corrected chi connectivity index (χ2v) is 6.88. The molecule has 1 rings (SSSR count). The predicted molar refractivity (Wildman–Crippen MR) is 81.9 cm³/mol. The van der Waals surface area contributed by atoms with Crippen molar-refractivity contribution in [1.29, 1.82) is 0 Å². The van der Waals surface area contributed by atoms with Crippen LogP contribution in [0.15, 0.2) is 16.0 Å². The lowest BCUT2D eigenvalue weighted by atomic mass is 9.88. The Labute approximate surface area is 119 Å². The van der Waals surface area contributed by atoms with E-state index in [1.54, 1.807) is 11.8 Å². The maximum absolute atomic E-state index is 11.4. The molecular formula is C14H25N3OS. The fourth-order valence-corrected chi connectivity index (χ4v) is 3.04.